The molecule has 0 spiro atoms. The average molecular weight is 417 g/mol. The van der Waals surface area contributed by atoms with Crippen LogP contribution in [0.2, 0.25) is 0 Å². The van der Waals surface area contributed by atoms with Gasteiger partial charge in [0.2, 0.25) is 0 Å². The van der Waals surface area contributed by atoms with Gasteiger partial charge in [0, 0.05) is 9.61 Å². The normalized spacial score (nSPS) is 12.2. The number of hydrogen-bond acceptors (Lipinski definition) is 2. The SMILES string of the molecule is Cc1nc(Br)ccc1NC(C)c1ccc(I)cc1. The van der Waals surface area contributed by atoms with Gasteiger partial charge in [-0.25, -0.2) is 4.98 Å². The van der Waals surface area contributed by atoms with Gasteiger partial charge in [-0.15, -0.1) is 0 Å². The van der Waals surface area contributed by atoms with Crippen LogP contribution < -0.4 is 5.32 Å². The fourth-order valence-electron chi connectivity index (χ4n) is 1.75. The van der Waals surface area contributed by atoms with Crippen LogP contribution in [0.4, 0.5) is 5.69 Å². The lowest BCUT2D eigenvalue weighted by molar-refractivity contribution is 0.878. The highest BCUT2D eigenvalue weighted by Crippen LogP contribution is 2.23. The highest BCUT2D eigenvalue weighted by molar-refractivity contribution is 14.1. The lowest BCUT2D eigenvalue weighted by Crippen LogP contribution is -2.08. The zero-order valence-corrected chi connectivity index (χ0v) is 14.0. The molecular weight excluding hydrogens is 403 g/mol. The van der Waals surface area contributed by atoms with Gasteiger partial charge >= 0.3 is 0 Å². The second kappa shape index (κ2) is 6.02. The summed E-state index contributed by atoms with van der Waals surface area (Å²) in [5.74, 6) is 0. The molecule has 1 atom stereocenters. The molecule has 4 heteroatoms. The standard InChI is InChI=1S/C14H14BrIN2/c1-9(11-3-5-12(16)6-4-11)17-13-7-8-14(15)18-10(13)2/h3-9,17H,1-2H3. The Morgan fingerprint density at radius 1 is 1.17 bits per heavy atom. The van der Waals surface area contributed by atoms with E-state index in [2.05, 4.69) is 86.1 Å². The number of anilines is 1. The lowest BCUT2D eigenvalue weighted by Gasteiger charge is -2.17. The molecule has 0 aliphatic carbocycles. The summed E-state index contributed by atoms with van der Waals surface area (Å²) in [5, 5.41) is 3.49. The molecule has 1 heterocycles. The number of pyridine rings is 1. The highest BCUT2D eigenvalue weighted by Gasteiger charge is 2.07. The Hall–Kier alpha value is -0.620. The molecule has 1 N–H and O–H groups in total. The number of aryl methyl sites for hydroxylation is 1. The summed E-state index contributed by atoms with van der Waals surface area (Å²) in [6, 6.07) is 12.8. The van der Waals surface area contributed by atoms with E-state index in [0.717, 1.165) is 16.0 Å². The second-order valence-electron chi connectivity index (χ2n) is 4.18. The molecule has 0 aliphatic heterocycles. The summed E-state index contributed by atoms with van der Waals surface area (Å²) in [6.07, 6.45) is 0. The summed E-state index contributed by atoms with van der Waals surface area (Å²) < 4.78 is 2.12. The van der Waals surface area contributed by atoms with Crippen molar-refractivity contribution in [3.05, 3.63) is 55.8 Å². The van der Waals surface area contributed by atoms with E-state index >= 15 is 0 Å². The van der Waals surface area contributed by atoms with E-state index in [9.17, 15) is 0 Å². The predicted octanol–water partition coefficient (Wildman–Crippen LogP) is 4.93. The maximum Gasteiger partial charge on any atom is 0.106 e. The van der Waals surface area contributed by atoms with Gasteiger partial charge in [-0.2, -0.15) is 0 Å². The van der Waals surface area contributed by atoms with Crippen LogP contribution in [0.15, 0.2) is 41.0 Å². The summed E-state index contributed by atoms with van der Waals surface area (Å²) in [4.78, 5) is 4.39. The van der Waals surface area contributed by atoms with E-state index in [0.29, 0.717) is 0 Å². The third-order valence-electron chi connectivity index (χ3n) is 2.79. The molecule has 0 amide bonds. The fraction of sp³-hybridized carbons (Fsp3) is 0.214. The largest absolute Gasteiger partial charge is 0.377 e. The first-order valence-electron chi connectivity index (χ1n) is 5.71. The second-order valence-corrected chi connectivity index (χ2v) is 6.24. The summed E-state index contributed by atoms with van der Waals surface area (Å²) in [5.41, 5.74) is 3.35. The van der Waals surface area contributed by atoms with Gasteiger partial charge in [0.15, 0.2) is 0 Å². The molecule has 1 aromatic heterocycles. The molecule has 0 saturated carbocycles. The number of benzene rings is 1. The van der Waals surface area contributed by atoms with E-state index in [1.807, 2.05) is 13.0 Å². The van der Waals surface area contributed by atoms with E-state index in [1.165, 1.54) is 9.13 Å². The van der Waals surface area contributed by atoms with Crippen LogP contribution in [0.3, 0.4) is 0 Å². The lowest BCUT2D eigenvalue weighted by atomic mass is 10.1. The Bertz CT molecular complexity index is 540. The van der Waals surface area contributed by atoms with E-state index in [4.69, 9.17) is 0 Å². The molecule has 0 radical (unpaired) electrons. The monoisotopic (exact) mass is 416 g/mol. The number of nitrogens with zero attached hydrogens (tertiary/aromatic N) is 1. The van der Waals surface area contributed by atoms with Gasteiger partial charge in [-0.1, -0.05) is 12.1 Å². The Morgan fingerprint density at radius 3 is 2.44 bits per heavy atom. The number of halogens is 2. The van der Waals surface area contributed by atoms with Crippen LogP contribution in [-0.4, -0.2) is 4.98 Å². The molecule has 0 fully saturated rings. The van der Waals surface area contributed by atoms with Crippen molar-refractivity contribution in [2.24, 2.45) is 0 Å². The Labute approximate surface area is 129 Å². The first kappa shape index (κ1) is 13.8. The Morgan fingerprint density at radius 2 is 1.83 bits per heavy atom. The molecular formula is C14H14BrIN2. The maximum atomic E-state index is 4.39. The van der Waals surface area contributed by atoms with Crippen molar-refractivity contribution in [2.75, 3.05) is 5.32 Å². The average Bonchev–Trinajstić information content (AvgIpc) is 2.33. The molecule has 0 aliphatic rings. The molecule has 0 saturated heterocycles. The Balaban J connectivity index is 2.15. The molecule has 2 rings (SSSR count). The van der Waals surface area contributed by atoms with Crippen LogP contribution in [0.5, 0.6) is 0 Å². The minimum Gasteiger partial charge on any atom is -0.377 e. The molecule has 1 unspecified atom stereocenters. The molecule has 0 bridgehead atoms. The van der Waals surface area contributed by atoms with Gasteiger partial charge in [0.1, 0.15) is 4.60 Å². The fourth-order valence-corrected chi connectivity index (χ4v) is 2.51. The van der Waals surface area contributed by atoms with Gasteiger partial charge < -0.3 is 5.32 Å². The molecule has 18 heavy (non-hydrogen) atoms. The van der Waals surface area contributed by atoms with Crippen molar-refractivity contribution in [3.8, 4) is 0 Å². The van der Waals surface area contributed by atoms with Crippen LogP contribution in [0.25, 0.3) is 0 Å². The number of hydrogen-bond donors (Lipinski definition) is 1. The minimum atomic E-state index is 0.267. The number of aromatic nitrogens is 1. The van der Waals surface area contributed by atoms with Gasteiger partial charge in [0.05, 0.1) is 11.4 Å². The van der Waals surface area contributed by atoms with E-state index in [-0.39, 0.29) is 6.04 Å². The van der Waals surface area contributed by atoms with Gasteiger partial charge in [-0.05, 0) is 82.2 Å². The van der Waals surface area contributed by atoms with Crippen LogP contribution in [0.1, 0.15) is 24.2 Å². The predicted molar refractivity (Wildman–Crippen MR) is 87.9 cm³/mol. The van der Waals surface area contributed by atoms with Gasteiger partial charge in [0.25, 0.3) is 0 Å². The first-order chi connectivity index (χ1) is 8.56. The summed E-state index contributed by atoms with van der Waals surface area (Å²) in [6.45, 7) is 4.16. The molecule has 1 aromatic carbocycles. The molecule has 94 valence electrons. The van der Waals surface area contributed by atoms with Crippen LogP contribution in [0, 0.1) is 10.5 Å². The Kier molecular flexibility index (Phi) is 4.61. The molecule has 2 nitrogen and oxygen atoms in total. The minimum absolute atomic E-state index is 0.267. The zero-order valence-electron chi connectivity index (χ0n) is 10.2. The van der Waals surface area contributed by atoms with E-state index in [1.54, 1.807) is 0 Å². The number of nitrogens with one attached hydrogen (secondary N) is 1. The van der Waals surface area contributed by atoms with Crippen molar-refractivity contribution < 1.29 is 0 Å². The van der Waals surface area contributed by atoms with Gasteiger partial charge in [-0.3, -0.25) is 0 Å². The topological polar surface area (TPSA) is 24.9 Å². The van der Waals surface area contributed by atoms with Crippen LogP contribution in [-0.2, 0) is 0 Å². The third-order valence-corrected chi connectivity index (χ3v) is 3.95. The highest BCUT2D eigenvalue weighted by atomic mass is 127. The zero-order chi connectivity index (χ0) is 13.1. The quantitative estimate of drug-likeness (QED) is 0.566. The maximum absolute atomic E-state index is 4.39. The van der Waals surface area contributed by atoms with Crippen molar-refractivity contribution in [2.45, 2.75) is 19.9 Å². The van der Waals surface area contributed by atoms with Crippen molar-refractivity contribution in [3.63, 3.8) is 0 Å². The summed E-state index contributed by atoms with van der Waals surface area (Å²) >= 11 is 5.69. The number of rotatable bonds is 3. The smallest absolute Gasteiger partial charge is 0.106 e. The van der Waals surface area contributed by atoms with E-state index < -0.39 is 0 Å². The van der Waals surface area contributed by atoms with Crippen molar-refractivity contribution in [1.29, 1.82) is 0 Å². The first-order valence-corrected chi connectivity index (χ1v) is 7.58. The van der Waals surface area contributed by atoms with Crippen molar-refractivity contribution >= 4 is 44.2 Å². The van der Waals surface area contributed by atoms with Crippen molar-refractivity contribution in [1.82, 2.24) is 4.98 Å². The third kappa shape index (κ3) is 3.45. The summed E-state index contributed by atoms with van der Waals surface area (Å²) in [7, 11) is 0. The van der Waals surface area contributed by atoms with Crippen LogP contribution >= 0.6 is 38.5 Å². The molecule has 2 aromatic rings.